The number of benzene rings is 1. The van der Waals surface area contributed by atoms with E-state index in [0.717, 1.165) is 42.5 Å². The Bertz CT molecular complexity index is 419. The van der Waals surface area contributed by atoms with E-state index >= 15 is 0 Å². The van der Waals surface area contributed by atoms with E-state index < -0.39 is 0 Å². The van der Waals surface area contributed by atoms with E-state index in [-0.39, 0.29) is 0 Å². The van der Waals surface area contributed by atoms with Crippen LogP contribution in [0.25, 0.3) is 0 Å². The third kappa shape index (κ3) is 4.37. The van der Waals surface area contributed by atoms with Crippen LogP contribution in [0.4, 0.5) is 0 Å². The maximum Gasteiger partial charge on any atom is 0.123 e. The van der Waals surface area contributed by atoms with Crippen LogP contribution in [0.2, 0.25) is 5.02 Å². The van der Waals surface area contributed by atoms with Crippen molar-refractivity contribution in [2.75, 3.05) is 26.7 Å². The van der Waals surface area contributed by atoms with Gasteiger partial charge in [0.2, 0.25) is 0 Å². The standard InChI is InChI=1S/C16H25ClN2O/c1-3-19(12-15-6-4-5-9-18-15)11-13-10-14(17)7-8-16(13)20-2/h7-8,10,15,18H,3-6,9,11-12H2,1-2H3. The second-order valence-corrected chi connectivity index (χ2v) is 5.87. The van der Waals surface area contributed by atoms with Gasteiger partial charge in [0.05, 0.1) is 7.11 Å². The minimum absolute atomic E-state index is 0.619. The first kappa shape index (κ1) is 15.6. The lowest BCUT2D eigenvalue weighted by atomic mass is 10.0. The van der Waals surface area contributed by atoms with Gasteiger partial charge in [-0.05, 0) is 44.1 Å². The topological polar surface area (TPSA) is 24.5 Å². The minimum Gasteiger partial charge on any atom is -0.496 e. The summed E-state index contributed by atoms with van der Waals surface area (Å²) >= 11 is 6.11. The monoisotopic (exact) mass is 296 g/mol. The molecule has 2 rings (SSSR count). The molecule has 1 aliphatic rings. The van der Waals surface area contributed by atoms with E-state index in [1.807, 2.05) is 18.2 Å². The van der Waals surface area contributed by atoms with Gasteiger partial charge in [-0.2, -0.15) is 0 Å². The van der Waals surface area contributed by atoms with Gasteiger partial charge in [0.15, 0.2) is 0 Å². The van der Waals surface area contributed by atoms with Crippen LogP contribution in [0.5, 0.6) is 5.75 Å². The maximum absolute atomic E-state index is 6.11. The number of rotatable bonds is 6. The number of likely N-dealkylation sites (N-methyl/N-ethyl adjacent to an activating group) is 1. The molecule has 1 atom stereocenters. The van der Waals surface area contributed by atoms with Gasteiger partial charge in [-0.3, -0.25) is 4.90 Å². The zero-order valence-corrected chi connectivity index (χ0v) is 13.2. The Morgan fingerprint density at radius 1 is 1.40 bits per heavy atom. The Morgan fingerprint density at radius 2 is 2.25 bits per heavy atom. The normalized spacial score (nSPS) is 19.3. The molecule has 4 heteroatoms. The Balaban J connectivity index is 1.99. The van der Waals surface area contributed by atoms with Crippen LogP contribution in [0.1, 0.15) is 31.7 Å². The van der Waals surface area contributed by atoms with E-state index in [2.05, 4.69) is 17.1 Å². The minimum atomic E-state index is 0.619. The van der Waals surface area contributed by atoms with Gasteiger partial charge in [-0.1, -0.05) is 24.9 Å². The first-order chi connectivity index (χ1) is 9.72. The highest BCUT2D eigenvalue weighted by Gasteiger charge is 2.17. The van der Waals surface area contributed by atoms with Gasteiger partial charge in [0.1, 0.15) is 5.75 Å². The fourth-order valence-corrected chi connectivity index (χ4v) is 3.00. The molecule has 112 valence electrons. The Kier molecular flexibility index (Phi) is 6.14. The van der Waals surface area contributed by atoms with Crippen LogP contribution in [-0.4, -0.2) is 37.7 Å². The summed E-state index contributed by atoms with van der Waals surface area (Å²) in [5, 5.41) is 4.38. The summed E-state index contributed by atoms with van der Waals surface area (Å²) in [5.41, 5.74) is 1.16. The van der Waals surface area contributed by atoms with Crippen molar-refractivity contribution in [2.24, 2.45) is 0 Å². The first-order valence-electron chi connectivity index (χ1n) is 7.51. The Labute approximate surface area is 127 Å². The molecule has 0 radical (unpaired) electrons. The molecule has 1 heterocycles. The second kappa shape index (κ2) is 7.87. The number of halogens is 1. The number of methoxy groups -OCH3 is 1. The van der Waals surface area contributed by atoms with Crippen molar-refractivity contribution in [2.45, 2.75) is 38.8 Å². The van der Waals surface area contributed by atoms with Crippen molar-refractivity contribution in [1.29, 1.82) is 0 Å². The third-order valence-electron chi connectivity index (χ3n) is 3.97. The summed E-state index contributed by atoms with van der Waals surface area (Å²) in [7, 11) is 1.71. The van der Waals surface area contributed by atoms with Crippen LogP contribution >= 0.6 is 11.6 Å². The molecular formula is C16H25ClN2O. The zero-order chi connectivity index (χ0) is 14.4. The quantitative estimate of drug-likeness (QED) is 0.871. The van der Waals surface area contributed by atoms with Gasteiger partial charge >= 0.3 is 0 Å². The molecule has 0 amide bonds. The van der Waals surface area contributed by atoms with Gasteiger partial charge in [0.25, 0.3) is 0 Å². The summed E-state index contributed by atoms with van der Waals surface area (Å²) in [6.45, 7) is 6.38. The van der Waals surface area contributed by atoms with Crippen LogP contribution < -0.4 is 10.1 Å². The van der Waals surface area contributed by atoms with E-state index in [4.69, 9.17) is 16.3 Å². The van der Waals surface area contributed by atoms with Gasteiger partial charge in [-0.25, -0.2) is 0 Å². The van der Waals surface area contributed by atoms with Crippen LogP contribution in [0, 0.1) is 0 Å². The number of piperidine rings is 1. The van der Waals surface area contributed by atoms with Gasteiger partial charge < -0.3 is 10.1 Å². The van der Waals surface area contributed by atoms with Crippen molar-refractivity contribution < 1.29 is 4.74 Å². The van der Waals surface area contributed by atoms with Crippen molar-refractivity contribution in [3.63, 3.8) is 0 Å². The SMILES string of the molecule is CCN(Cc1cc(Cl)ccc1OC)CC1CCCCN1. The summed E-state index contributed by atoms with van der Waals surface area (Å²) in [4.78, 5) is 2.46. The lowest BCUT2D eigenvalue weighted by Gasteiger charge is -2.30. The summed E-state index contributed by atoms with van der Waals surface area (Å²) in [6, 6.07) is 6.46. The fourth-order valence-electron chi connectivity index (χ4n) is 2.81. The van der Waals surface area contributed by atoms with Crippen molar-refractivity contribution in [3.8, 4) is 5.75 Å². The van der Waals surface area contributed by atoms with E-state index in [1.54, 1.807) is 7.11 Å². The number of nitrogens with zero attached hydrogens (tertiary/aromatic N) is 1. The molecule has 1 fully saturated rings. The molecule has 20 heavy (non-hydrogen) atoms. The zero-order valence-electron chi connectivity index (χ0n) is 12.5. The van der Waals surface area contributed by atoms with Gasteiger partial charge in [0, 0.05) is 29.7 Å². The van der Waals surface area contributed by atoms with Crippen molar-refractivity contribution in [3.05, 3.63) is 28.8 Å². The average molecular weight is 297 g/mol. The average Bonchev–Trinajstić information content (AvgIpc) is 2.48. The molecule has 3 nitrogen and oxygen atoms in total. The highest BCUT2D eigenvalue weighted by molar-refractivity contribution is 6.30. The molecule has 0 aromatic heterocycles. The second-order valence-electron chi connectivity index (χ2n) is 5.43. The van der Waals surface area contributed by atoms with Crippen molar-refractivity contribution in [1.82, 2.24) is 10.2 Å². The molecule has 1 aromatic carbocycles. The maximum atomic E-state index is 6.11. The first-order valence-corrected chi connectivity index (χ1v) is 7.89. The van der Waals surface area contributed by atoms with Gasteiger partial charge in [-0.15, -0.1) is 0 Å². The van der Waals surface area contributed by atoms with E-state index in [1.165, 1.54) is 19.3 Å². The summed E-state index contributed by atoms with van der Waals surface area (Å²) in [5.74, 6) is 0.921. The number of hydrogen-bond donors (Lipinski definition) is 1. The number of ether oxygens (including phenoxy) is 1. The van der Waals surface area contributed by atoms with E-state index in [0.29, 0.717) is 6.04 Å². The van der Waals surface area contributed by atoms with Crippen LogP contribution in [0.15, 0.2) is 18.2 Å². The Hall–Kier alpha value is -0.770. The predicted molar refractivity (Wildman–Crippen MR) is 84.6 cm³/mol. The molecule has 0 saturated carbocycles. The predicted octanol–water partition coefficient (Wildman–Crippen LogP) is 3.31. The molecular weight excluding hydrogens is 272 g/mol. The summed E-state index contributed by atoms with van der Waals surface area (Å²) in [6.07, 6.45) is 3.93. The fraction of sp³-hybridized carbons (Fsp3) is 0.625. The number of hydrogen-bond acceptors (Lipinski definition) is 3. The highest BCUT2D eigenvalue weighted by atomic mass is 35.5. The third-order valence-corrected chi connectivity index (χ3v) is 4.21. The summed E-state index contributed by atoms with van der Waals surface area (Å²) < 4.78 is 5.43. The van der Waals surface area contributed by atoms with E-state index in [9.17, 15) is 0 Å². The van der Waals surface area contributed by atoms with Crippen LogP contribution in [-0.2, 0) is 6.54 Å². The van der Waals surface area contributed by atoms with Crippen LogP contribution in [0.3, 0.4) is 0 Å². The molecule has 0 bridgehead atoms. The Morgan fingerprint density at radius 3 is 2.90 bits per heavy atom. The lowest BCUT2D eigenvalue weighted by Crippen LogP contribution is -2.43. The smallest absolute Gasteiger partial charge is 0.123 e. The molecule has 1 aliphatic heterocycles. The molecule has 0 spiro atoms. The number of nitrogens with one attached hydrogen (secondary N) is 1. The van der Waals surface area contributed by atoms with Crippen molar-refractivity contribution >= 4 is 11.6 Å². The molecule has 1 N–H and O–H groups in total. The molecule has 1 saturated heterocycles. The largest absolute Gasteiger partial charge is 0.496 e. The molecule has 0 aliphatic carbocycles. The highest BCUT2D eigenvalue weighted by Crippen LogP contribution is 2.24. The molecule has 1 aromatic rings. The lowest BCUT2D eigenvalue weighted by molar-refractivity contribution is 0.224. The molecule has 1 unspecified atom stereocenters.